The highest BCUT2D eigenvalue weighted by atomic mass is 32.1. The molecule has 0 aromatic carbocycles. The Kier molecular flexibility index (Phi) is 4.54. The van der Waals surface area contributed by atoms with Crippen molar-refractivity contribution in [3.05, 3.63) is 40.7 Å². The molecule has 1 saturated heterocycles. The number of anilines is 1. The summed E-state index contributed by atoms with van der Waals surface area (Å²) >= 11 is 1.47. The van der Waals surface area contributed by atoms with Gasteiger partial charge in [0.25, 0.3) is 0 Å². The molecule has 4 rings (SSSR count). The first-order valence-corrected chi connectivity index (χ1v) is 9.55. The van der Waals surface area contributed by atoms with Crippen molar-refractivity contribution < 1.29 is 4.39 Å². The number of piperazine rings is 1. The Balaban J connectivity index is 1.51. The molecule has 1 fully saturated rings. The summed E-state index contributed by atoms with van der Waals surface area (Å²) in [4.78, 5) is 22.2. The molecule has 0 amide bonds. The monoisotopic (exact) mass is 372 g/mol. The van der Waals surface area contributed by atoms with Gasteiger partial charge in [0, 0.05) is 38.6 Å². The van der Waals surface area contributed by atoms with E-state index in [1.807, 2.05) is 20.8 Å². The number of hydrogen-bond donors (Lipinski definition) is 0. The Morgan fingerprint density at radius 3 is 2.54 bits per heavy atom. The van der Waals surface area contributed by atoms with Crippen LogP contribution in [0.1, 0.15) is 29.4 Å². The molecule has 0 spiro atoms. The van der Waals surface area contributed by atoms with E-state index in [-0.39, 0.29) is 11.9 Å². The minimum absolute atomic E-state index is 0.0912. The van der Waals surface area contributed by atoms with Crippen LogP contribution in [0.4, 0.5) is 10.2 Å². The van der Waals surface area contributed by atoms with E-state index >= 15 is 0 Å². The highest BCUT2D eigenvalue weighted by molar-refractivity contribution is 7.18. The van der Waals surface area contributed by atoms with Crippen molar-refractivity contribution in [2.24, 2.45) is 0 Å². The maximum atomic E-state index is 14.6. The Morgan fingerprint density at radius 2 is 1.81 bits per heavy atom. The molecule has 3 aromatic heterocycles. The van der Waals surface area contributed by atoms with E-state index in [9.17, 15) is 4.39 Å². The summed E-state index contributed by atoms with van der Waals surface area (Å²) in [7, 11) is 0. The molecule has 0 radical (unpaired) electrons. The second-order valence-corrected chi connectivity index (χ2v) is 7.81. The van der Waals surface area contributed by atoms with Crippen LogP contribution in [0, 0.1) is 19.7 Å². The van der Waals surface area contributed by atoms with Gasteiger partial charge >= 0.3 is 0 Å². The van der Waals surface area contributed by atoms with Gasteiger partial charge in [0.1, 0.15) is 11.6 Å². The normalized spacial score (nSPS) is 17.0. The zero-order valence-corrected chi connectivity index (χ0v) is 15.9. The molecule has 4 heterocycles. The van der Waals surface area contributed by atoms with Crippen LogP contribution >= 0.6 is 11.3 Å². The standard InChI is InChI=1S/C18H21FN6S/c1-11-18(21-5-4-20-11)25-8-6-24(7-9-25)12(2)16-14(19)10-15-17(23-16)22-13(3)26-15/h4-5,10,12H,6-9H2,1-3H3. The van der Waals surface area contributed by atoms with Crippen LogP contribution in [0.5, 0.6) is 0 Å². The van der Waals surface area contributed by atoms with E-state index in [2.05, 4.69) is 29.7 Å². The molecule has 0 bridgehead atoms. The molecular formula is C18H21FN6S. The van der Waals surface area contributed by atoms with Crippen LogP contribution in [0.2, 0.25) is 0 Å². The zero-order valence-electron chi connectivity index (χ0n) is 15.1. The Hall–Kier alpha value is -2.19. The number of pyridine rings is 1. The van der Waals surface area contributed by atoms with E-state index in [0.29, 0.717) is 11.3 Å². The molecule has 8 heteroatoms. The van der Waals surface area contributed by atoms with Crippen molar-refractivity contribution in [2.75, 3.05) is 31.1 Å². The number of rotatable bonds is 3. The molecule has 0 aliphatic carbocycles. The zero-order chi connectivity index (χ0) is 18.3. The molecular weight excluding hydrogens is 351 g/mol. The van der Waals surface area contributed by atoms with Gasteiger partial charge in [-0.1, -0.05) is 0 Å². The van der Waals surface area contributed by atoms with Gasteiger partial charge in [0.15, 0.2) is 5.65 Å². The predicted octanol–water partition coefficient (Wildman–Crippen LogP) is 3.12. The van der Waals surface area contributed by atoms with Gasteiger partial charge in [-0.3, -0.25) is 9.88 Å². The number of hydrogen-bond acceptors (Lipinski definition) is 7. The maximum Gasteiger partial charge on any atom is 0.171 e. The van der Waals surface area contributed by atoms with E-state index in [4.69, 9.17) is 0 Å². The molecule has 0 N–H and O–H groups in total. The molecule has 136 valence electrons. The first kappa shape index (κ1) is 17.2. The average molecular weight is 372 g/mol. The van der Waals surface area contributed by atoms with Crippen LogP contribution < -0.4 is 4.90 Å². The molecule has 26 heavy (non-hydrogen) atoms. The van der Waals surface area contributed by atoms with Gasteiger partial charge in [0.2, 0.25) is 0 Å². The van der Waals surface area contributed by atoms with Crippen molar-refractivity contribution in [2.45, 2.75) is 26.8 Å². The highest BCUT2D eigenvalue weighted by Gasteiger charge is 2.26. The maximum absolute atomic E-state index is 14.6. The number of nitrogens with zero attached hydrogens (tertiary/aromatic N) is 6. The summed E-state index contributed by atoms with van der Waals surface area (Å²) in [5, 5.41) is 0.907. The molecule has 1 atom stereocenters. The fourth-order valence-corrected chi connectivity index (χ4v) is 4.26. The fourth-order valence-electron chi connectivity index (χ4n) is 3.46. The van der Waals surface area contributed by atoms with Crippen molar-refractivity contribution in [1.29, 1.82) is 0 Å². The van der Waals surface area contributed by atoms with Crippen LogP contribution in [0.3, 0.4) is 0 Å². The SMILES string of the molecule is Cc1nc2nc(C(C)N3CCN(c4nccnc4C)CC3)c(F)cc2s1. The second-order valence-electron chi connectivity index (χ2n) is 6.57. The summed E-state index contributed by atoms with van der Waals surface area (Å²) in [6.07, 6.45) is 3.43. The molecule has 0 saturated carbocycles. The number of aromatic nitrogens is 4. The van der Waals surface area contributed by atoms with E-state index in [0.717, 1.165) is 47.4 Å². The lowest BCUT2D eigenvalue weighted by Gasteiger charge is -2.38. The fraction of sp³-hybridized carbons (Fsp3) is 0.444. The number of thiazole rings is 1. The van der Waals surface area contributed by atoms with Crippen molar-refractivity contribution >= 4 is 27.5 Å². The lowest BCUT2D eigenvalue weighted by Crippen LogP contribution is -2.48. The molecule has 1 aliphatic rings. The second kappa shape index (κ2) is 6.85. The first-order valence-electron chi connectivity index (χ1n) is 8.73. The quantitative estimate of drug-likeness (QED) is 0.704. The minimum Gasteiger partial charge on any atom is -0.353 e. The number of aryl methyl sites for hydroxylation is 2. The highest BCUT2D eigenvalue weighted by Crippen LogP contribution is 2.28. The van der Waals surface area contributed by atoms with Gasteiger partial charge in [-0.05, 0) is 26.8 Å². The third-order valence-electron chi connectivity index (χ3n) is 4.88. The topological polar surface area (TPSA) is 58.0 Å². The lowest BCUT2D eigenvalue weighted by molar-refractivity contribution is 0.191. The molecule has 1 unspecified atom stereocenters. The van der Waals surface area contributed by atoms with Gasteiger partial charge in [-0.2, -0.15) is 0 Å². The first-order chi connectivity index (χ1) is 12.5. The Labute approximate surface area is 155 Å². The van der Waals surface area contributed by atoms with E-state index in [1.165, 1.54) is 11.3 Å². The third-order valence-corrected chi connectivity index (χ3v) is 5.79. The van der Waals surface area contributed by atoms with Gasteiger partial charge in [-0.25, -0.2) is 19.3 Å². The van der Waals surface area contributed by atoms with E-state index < -0.39 is 0 Å². The smallest absolute Gasteiger partial charge is 0.171 e. The van der Waals surface area contributed by atoms with Gasteiger partial charge in [-0.15, -0.1) is 11.3 Å². The predicted molar refractivity (Wildman–Crippen MR) is 101 cm³/mol. The van der Waals surface area contributed by atoms with Crippen molar-refractivity contribution in [3.63, 3.8) is 0 Å². The van der Waals surface area contributed by atoms with Crippen LogP contribution in [-0.4, -0.2) is 51.0 Å². The molecule has 1 aliphatic heterocycles. The minimum atomic E-state index is -0.249. The Morgan fingerprint density at radius 1 is 1.08 bits per heavy atom. The van der Waals surface area contributed by atoms with Crippen molar-refractivity contribution in [3.8, 4) is 0 Å². The summed E-state index contributed by atoms with van der Waals surface area (Å²) in [6, 6.07) is 1.48. The molecule has 6 nitrogen and oxygen atoms in total. The largest absolute Gasteiger partial charge is 0.353 e. The summed E-state index contributed by atoms with van der Waals surface area (Å²) in [6.45, 7) is 9.23. The molecule has 3 aromatic rings. The van der Waals surface area contributed by atoms with Gasteiger partial charge < -0.3 is 4.90 Å². The van der Waals surface area contributed by atoms with Crippen LogP contribution in [-0.2, 0) is 0 Å². The van der Waals surface area contributed by atoms with Crippen LogP contribution in [0.25, 0.3) is 10.3 Å². The van der Waals surface area contributed by atoms with Crippen molar-refractivity contribution in [1.82, 2.24) is 24.8 Å². The Bertz CT molecular complexity index is 935. The van der Waals surface area contributed by atoms with E-state index in [1.54, 1.807) is 18.5 Å². The number of halogens is 1. The summed E-state index contributed by atoms with van der Waals surface area (Å²) in [5.41, 5.74) is 2.06. The number of fused-ring (bicyclic) bond motifs is 1. The van der Waals surface area contributed by atoms with Crippen LogP contribution in [0.15, 0.2) is 18.5 Å². The third kappa shape index (κ3) is 3.14. The average Bonchev–Trinajstić information content (AvgIpc) is 3.00. The summed E-state index contributed by atoms with van der Waals surface area (Å²) in [5.74, 6) is 0.685. The summed E-state index contributed by atoms with van der Waals surface area (Å²) < 4.78 is 15.4. The van der Waals surface area contributed by atoms with Gasteiger partial charge in [0.05, 0.1) is 27.1 Å². The lowest BCUT2D eigenvalue weighted by atomic mass is 10.1.